The second kappa shape index (κ2) is 7.83. The van der Waals surface area contributed by atoms with Crippen molar-refractivity contribution in [1.82, 2.24) is 5.16 Å². The maximum Gasteiger partial charge on any atom is 0.167 e. The predicted molar refractivity (Wildman–Crippen MR) is 109 cm³/mol. The molecule has 27 heavy (non-hydrogen) atoms. The molecule has 0 amide bonds. The average Bonchev–Trinajstić information content (AvgIpc) is 3.21. The van der Waals surface area contributed by atoms with Gasteiger partial charge in [-0.05, 0) is 18.1 Å². The Hall–Kier alpha value is -3.46. The van der Waals surface area contributed by atoms with Gasteiger partial charge in [-0.15, -0.1) is 0 Å². The molecule has 3 aromatic carbocycles. The Balaban J connectivity index is 1.68. The number of hydrogen-bond acceptors (Lipinski definition) is 3. The van der Waals surface area contributed by atoms with Crippen LogP contribution in [0.25, 0.3) is 11.3 Å². The van der Waals surface area contributed by atoms with Gasteiger partial charge in [0.05, 0.1) is 0 Å². The maximum absolute atomic E-state index is 5.60. The van der Waals surface area contributed by atoms with Crippen LogP contribution in [0.4, 0.5) is 0 Å². The van der Waals surface area contributed by atoms with Crippen LogP contribution in [0.3, 0.4) is 0 Å². The first-order valence-electron chi connectivity index (χ1n) is 8.96. The van der Waals surface area contributed by atoms with E-state index in [-0.39, 0.29) is 6.04 Å². The zero-order valence-corrected chi connectivity index (χ0v) is 15.1. The standard InChI is InChI=1S/C24H20N2O/c1-18-12-14-19(15-13-18)17-25-24(21-10-6-3-7-11-21)22-16-23(27-26-22)20-8-4-2-5-9-20/h2-17,24H,1H3. The topological polar surface area (TPSA) is 38.4 Å². The summed E-state index contributed by atoms with van der Waals surface area (Å²) in [5.74, 6) is 0.747. The van der Waals surface area contributed by atoms with Gasteiger partial charge in [-0.3, -0.25) is 4.99 Å². The number of hydrogen-bond donors (Lipinski definition) is 0. The summed E-state index contributed by atoms with van der Waals surface area (Å²) in [4.78, 5) is 4.82. The van der Waals surface area contributed by atoms with Crippen LogP contribution in [0.15, 0.2) is 101 Å². The third-order valence-corrected chi connectivity index (χ3v) is 4.43. The van der Waals surface area contributed by atoms with Crippen molar-refractivity contribution in [2.45, 2.75) is 13.0 Å². The van der Waals surface area contributed by atoms with Gasteiger partial charge in [0.25, 0.3) is 0 Å². The molecule has 0 N–H and O–H groups in total. The maximum atomic E-state index is 5.60. The minimum atomic E-state index is -0.214. The highest BCUT2D eigenvalue weighted by molar-refractivity contribution is 5.80. The minimum Gasteiger partial charge on any atom is -0.356 e. The molecule has 1 heterocycles. The van der Waals surface area contributed by atoms with E-state index in [0.29, 0.717) is 0 Å². The van der Waals surface area contributed by atoms with Gasteiger partial charge in [0.2, 0.25) is 0 Å². The lowest BCUT2D eigenvalue weighted by molar-refractivity contribution is 0.420. The van der Waals surface area contributed by atoms with Crippen molar-refractivity contribution in [1.29, 1.82) is 0 Å². The average molecular weight is 352 g/mol. The second-order valence-corrected chi connectivity index (χ2v) is 6.48. The third-order valence-electron chi connectivity index (χ3n) is 4.43. The van der Waals surface area contributed by atoms with Crippen molar-refractivity contribution >= 4 is 6.21 Å². The van der Waals surface area contributed by atoms with E-state index in [1.807, 2.05) is 60.8 Å². The first-order valence-corrected chi connectivity index (χ1v) is 8.96. The fourth-order valence-corrected chi connectivity index (χ4v) is 2.94. The lowest BCUT2D eigenvalue weighted by Crippen LogP contribution is -1.99. The normalized spacial score (nSPS) is 12.3. The Bertz CT molecular complexity index is 1020. The Labute approximate surface area is 159 Å². The van der Waals surface area contributed by atoms with Crippen molar-refractivity contribution in [2.24, 2.45) is 4.99 Å². The highest BCUT2D eigenvalue weighted by atomic mass is 16.5. The van der Waals surface area contributed by atoms with Crippen LogP contribution in [0.5, 0.6) is 0 Å². The first kappa shape index (κ1) is 17.0. The van der Waals surface area contributed by atoms with Crippen molar-refractivity contribution in [3.05, 3.63) is 113 Å². The zero-order valence-electron chi connectivity index (χ0n) is 15.1. The molecule has 3 nitrogen and oxygen atoms in total. The van der Waals surface area contributed by atoms with E-state index >= 15 is 0 Å². The van der Waals surface area contributed by atoms with E-state index in [2.05, 4.69) is 48.5 Å². The number of rotatable bonds is 5. The summed E-state index contributed by atoms with van der Waals surface area (Å²) in [6.07, 6.45) is 1.90. The van der Waals surface area contributed by atoms with Crippen LogP contribution < -0.4 is 0 Å². The van der Waals surface area contributed by atoms with E-state index in [0.717, 1.165) is 28.1 Å². The number of aromatic nitrogens is 1. The lowest BCUT2D eigenvalue weighted by Gasteiger charge is -2.09. The van der Waals surface area contributed by atoms with Gasteiger partial charge in [0, 0.05) is 17.8 Å². The van der Waals surface area contributed by atoms with Gasteiger partial charge in [-0.2, -0.15) is 0 Å². The Morgan fingerprint density at radius 3 is 2.22 bits per heavy atom. The lowest BCUT2D eigenvalue weighted by atomic mass is 10.0. The Kier molecular flexibility index (Phi) is 4.93. The van der Waals surface area contributed by atoms with E-state index in [9.17, 15) is 0 Å². The SMILES string of the molecule is Cc1ccc(C=NC(c2ccccc2)c2cc(-c3ccccc3)on2)cc1. The van der Waals surface area contributed by atoms with Crippen LogP contribution in [-0.4, -0.2) is 11.4 Å². The summed E-state index contributed by atoms with van der Waals surface area (Å²) in [7, 11) is 0. The molecule has 0 bridgehead atoms. The zero-order chi connectivity index (χ0) is 18.5. The van der Waals surface area contributed by atoms with Gasteiger partial charge in [0.15, 0.2) is 5.76 Å². The fourth-order valence-electron chi connectivity index (χ4n) is 2.94. The molecule has 0 saturated heterocycles. The monoisotopic (exact) mass is 352 g/mol. The number of nitrogens with zero attached hydrogens (tertiary/aromatic N) is 2. The van der Waals surface area contributed by atoms with Crippen molar-refractivity contribution in [3.63, 3.8) is 0 Å². The van der Waals surface area contributed by atoms with Gasteiger partial charge in [0.1, 0.15) is 11.7 Å². The number of benzene rings is 3. The number of aryl methyl sites for hydroxylation is 1. The molecule has 0 aliphatic heterocycles. The third kappa shape index (κ3) is 4.04. The molecule has 1 aromatic heterocycles. The molecule has 1 atom stereocenters. The summed E-state index contributed by atoms with van der Waals surface area (Å²) in [6.45, 7) is 2.08. The molecular formula is C24H20N2O. The van der Waals surface area contributed by atoms with Crippen molar-refractivity contribution in [3.8, 4) is 11.3 Å². The van der Waals surface area contributed by atoms with E-state index in [4.69, 9.17) is 9.52 Å². The smallest absolute Gasteiger partial charge is 0.167 e. The summed E-state index contributed by atoms with van der Waals surface area (Å²) < 4.78 is 5.60. The van der Waals surface area contributed by atoms with Crippen LogP contribution in [0.2, 0.25) is 0 Å². The van der Waals surface area contributed by atoms with E-state index < -0.39 is 0 Å². The highest BCUT2D eigenvalue weighted by Gasteiger charge is 2.18. The first-order chi connectivity index (χ1) is 13.3. The van der Waals surface area contributed by atoms with Gasteiger partial charge in [-0.1, -0.05) is 95.6 Å². The van der Waals surface area contributed by atoms with E-state index in [1.165, 1.54) is 5.56 Å². The molecule has 0 radical (unpaired) electrons. The molecule has 4 rings (SSSR count). The summed E-state index contributed by atoms with van der Waals surface area (Å²) in [6, 6.07) is 30.2. The molecule has 3 heteroatoms. The molecule has 1 unspecified atom stereocenters. The molecule has 0 spiro atoms. The van der Waals surface area contributed by atoms with Gasteiger partial charge in [-0.25, -0.2) is 0 Å². The van der Waals surface area contributed by atoms with E-state index in [1.54, 1.807) is 0 Å². The summed E-state index contributed by atoms with van der Waals surface area (Å²) >= 11 is 0. The molecule has 4 aromatic rings. The van der Waals surface area contributed by atoms with Gasteiger partial charge >= 0.3 is 0 Å². The van der Waals surface area contributed by atoms with Crippen LogP contribution in [0.1, 0.15) is 28.4 Å². The highest BCUT2D eigenvalue weighted by Crippen LogP contribution is 2.29. The molecule has 0 aliphatic rings. The Morgan fingerprint density at radius 1 is 0.852 bits per heavy atom. The molecule has 0 aliphatic carbocycles. The molecular weight excluding hydrogens is 332 g/mol. The molecule has 0 saturated carbocycles. The fraction of sp³-hybridized carbons (Fsp3) is 0.0833. The Morgan fingerprint density at radius 2 is 1.52 bits per heavy atom. The molecule has 0 fully saturated rings. The molecule has 132 valence electrons. The minimum absolute atomic E-state index is 0.214. The van der Waals surface area contributed by atoms with Crippen LogP contribution in [0, 0.1) is 6.92 Å². The van der Waals surface area contributed by atoms with Crippen molar-refractivity contribution < 1.29 is 4.52 Å². The number of aliphatic imine (C=N–C) groups is 1. The van der Waals surface area contributed by atoms with Crippen LogP contribution >= 0.6 is 0 Å². The summed E-state index contributed by atoms with van der Waals surface area (Å²) in [5, 5.41) is 4.31. The van der Waals surface area contributed by atoms with Gasteiger partial charge < -0.3 is 4.52 Å². The predicted octanol–water partition coefficient (Wildman–Crippen LogP) is 5.86. The van der Waals surface area contributed by atoms with Crippen molar-refractivity contribution in [2.75, 3.05) is 0 Å². The largest absolute Gasteiger partial charge is 0.356 e. The quantitative estimate of drug-likeness (QED) is 0.422. The summed E-state index contributed by atoms with van der Waals surface area (Å²) in [5.41, 5.74) is 5.17. The van der Waals surface area contributed by atoms with Crippen LogP contribution in [-0.2, 0) is 0 Å². The second-order valence-electron chi connectivity index (χ2n) is 6.48.